The number of amides is 1. The number of benzene rings is 2. The number of hydrogen-bond acceptors (Lipinski definition) is 9. The van der Waals surface area contributed by atoms with Gasteiger partial charge >= 0.3 is 0 Å². The molecule has 5 aromatic rings. The molecule has 6 rings (SSSR count). The maximum atomic E-state index is 14.2. The first-order valence-electron chi connectivity index (χ1n) is 13.0. The van der Waals surface area contributed by atoms with Crippen molar-refractivity contribution in [2.24, 2.45) is 0 Å². The summed E-state index contributed by atoms with van der Waals surface area (Å²) in [6.07, 6.45) is 3.44. The van der Waals surface area contributed by atoms with Crippen LogP contribution in [0.15, 0.2) is 83.6 Å². The first kappa shape index (κ1) is 26.9. The highest BCUT2D eigenvalue weighted by Gasteiger charge is 2.25. The maximum Gasteiger partial charge on any atom is 0.273 e. The Morgan fingerprint density at radius 3 is 2.46 bits per heavy atom. The summed E-state index contributed by atoms with van der Waals surface area (Å²) in [5.41, 5.74) is 2.69. The van der Waals surface area contributed by atoms with E-state index in [2.05, 4.69) is 20.2 Å². The van der Waals surface area contributed by atoms with Gasteiger partial charge in [0.1, 0.15) is 22.3 Å². The summed E-state index contributed by atoms with van der Waals surface area (Å²) in [4.78, 5) is 25.7. The van der Waals surface area contributed by atoms with Crippen LogP contribution in [0.4, 0.5) is 10.1 Å². The molecule has 9 nitrogen and oxygen atoms in total. The number of hydrogen-bond donors (Lipinski definition) is 0. The van der Waals surface area contributed by atoms with Crippen molar-refractivity contribution in [3.8, 4) is 22.8 Å². The number of thioether (sulfide) groups is 1. The van der Waals surface area contributed by atoms with E-state index in [9.17, 15) is 9.18 Å². The molecule has 12 heteroatoms. The van der Waals surface area contributed by atoms with Crippen LogP contribution >= 0.6 is 23.1 Å². The number of methoxy groups -OCH3 is 1. The smallest absolute Gasteiger partial charge is 0.273 e. The van der Waals surface area contributed by atoms with Gasteiger partial charge in [-0.1, -0.05) is 36.0 Å². The molecular formula is C29H26FN7O2S2. The molecule has 2 aromatic carbocycles. The van der Waals surface area contributed by atoms with E-state index in [1.165, 1.54) is 29.2 Å². The lowest BCUT2D eigenvalue weighted by Gasteiger charge is -2.35. The van der Waals surface area contributed by atoms with Gasteiger partial charge in [-0.05, 0) is 36.4 Å². The molecule has 1 aliphatic rings. The highest BCUT2D eigenvalue weighted by atomic mass is 32.2. The second-order valence-corrected chi connectivity index (χ2v) is 11.1. The number of piperazine rings is 1. The van der Waals surface area contributed by atoms with E-state index in [1.807, 2.05) is 51.9 Å². The van der Waals surface area contributed by atoms with Crippen LogP contribution in [0.1, 0.15) is 15.5 Å². The monoisotopic (exact) mass is 587 g/mol. The molecule has 0 spiro atoms. The third-order valence-corrected chi connectivity index (χ3v) is 8.73. The topological polar surface area (TPSA) is 89.3 Å². The van der Waals surface area contributed by atoms with Crippen molar-refractivity contribution in [3.05, 3.63) is 95.0 Å². The predicted octanol–water partition coefficient (Wildman–Crippen LogP) is 5.19. The minimum atomic E-state index is -0.247. The van der Waals surface area contributed by atoms with Crippen LogP contribution in [-0.2, 0) is 5.75 Å². The number of carbonyl (C=O) groups excluding carboxylic acids is 1. The number of pyridine rings is 1. The molecular weight excluding hydrogens is 561 g/mol. The van der Waals surface area contributed by atoms with E-state index in [0.29, 0.717) is 60.0 Å². The maximum absolute atomic E-state index is 14.2. The molecule has 3 aromatic heterocycles. The fourth-order valence-electron chi connectivity index (χ4n) is 4.71. The Kier molecular flexibility index (Phi) is 7.92. The molecule has 0 atom stereocenters. The quantitative estimate of drug-likeness (QED) is 0.229. The van der Waals surface area contributed by atoms with E-state index in [1.54, 1.807) is 41.9 Å². The molecule has 0 saturated carbocycles. The van der Waals surface area contributed by atoms with Crippen LogP contribution in [0, 0.1) is 5.82 Å². The zero-order valence-corrected chi connectivity index (χ0v) is 23.8. The summed E-state index contributed by atoms with van der Waals surface area (Å²) in [5, 5.41) is 12.2. The molecule has 1 saturated heterocycles. The average Bonchev–Trinajstić information content (AvgIpc) is 3.68. The van der Waals surface area contributed by atoms with Crippen molar-refractivity contribution in [2.45, 2.75) is 10.9 Å². The van der Waals surface area contributed by atoms with Crippen molar-refractivity contribution < 1.29 is 13.9 Å². The number of thiazole rings is 1. The normalized spacial score (nSPS) is 13.4. The number of para-hydroxylation sites is 3. The number of rotatable bonds is 8. The molecule has 0 bridgehead atoms. The number of carbonyl (C=O) groups is 1. The van der Waals surface area contributed by atoms with Gasteiger partial charge in [0.15, 0.2) is 11.0 Å². The largest absolute Gasteiger partial charge is 0.495 e. The van der Waals surface area contributed by atoms with Gasteiger partial charge in [0.25, 0.3) is 5.91 Å². The standard InChI is InChI=1S/C29H26FN7O2S2/c1-39-25-9-5-4-8-24(25)37-27(20-10-12-31-13-11-20)33-34-29(37)41-19-26-32-22(18-40-26)28(38)36-16-14-35(15-17-36)23-7-3-2-6-21(23)30/h2-13,18H,14-17,19H2,1H3. The summed E-state index contributed by atoms with van der Waals surface area (Å²) in [7, 11) is 1.63. The van der Waals surface area contributed by atoms with E-state index in [-0.39, 0.29) is 11.7 Å². The second kappa shape index (κ2) is 12.1. The van der Waals surface area contributed by atoms with Crippen molar-refractivity contribution in [2.75, 3.05) is 38.2 Å². The average molecular weight is 588 g/mol. The van der Waals surface area contributed by atoms with Crippen LogP contribution in [0.25, 0.3) is 17.1 Å². The van der Waals surface area contributed by atoms with Gasteiger partial charge in [0.2, 0.25) is 0 Å². The zero-order valence-electron chi connectivity index (χ0n) is 22.2. The number of ether oxygens (including phenoxy) is 1. The molecule has 0 radical (unpaired) electrons. The SMILES string of the molecule is COc1ccccc1-n1c(SCc2nc(C(=O)N3CCN(c4ccccc4F)CC3)cs2)nnc1-c1ccncc1. The molecule has 1 aliphatic heterocycles. The third-order valence-electron chi connectivity index (χ3n) is 6.75. The Balaban J connectivity index is 1.16. The Bertz CT molecular complexity index is 1650. The lowest BCUT2D eigenvalue weighted by Crippen LogP contribution is -2.49. The minimum absolute atomic E-state index is 0.108. The summed E-state index contributed by atoms with van der Waals surface area (Å²) in [6, 6.07) is 18.2. The Morgan fingerprint density at radius 1 is 0.976 bits per heavy atom. The minimum Gasteiger partial charge on any atom is -0.495 e. The number of nitrogens with zero attached hydrogens (tertiary/aromatic N) is 7. The Hall–Kier alpha value is -4.29. The van der Waals surface area contributed by atoms with Gasteiger partial charge in [-0.2, -0.15) is 0 Å². The third kappa shape index (κ3) is 5.66. The van der Waals surface area contributed by atoms with Gasteiger partial charge in [0.05, 0.1) is 24.2 Å². The summed E-state index contributed by atoms with van der Waals surface area (Å²) >= 11 is 2.93. The fourth-order valence-corrected chi connectivity index (χ4v) is 6.44. The molecule has 1 amide bonds. The molecule has 1 fully saturated rings. The Labute approximate surface area is 244 Å². The van der Waals surface area contributed by atoms with Crippen molar-refractivity contribution in [3.63, 3.8) is 0 Å². The van der Waals surface area contributed by atoms with Gasteiger partial charge in [-0.3, -0.25) is 14.3 Å². The highest BCUT2D eigenvalue weighted by Crippen LogP contribution is 2.34. The summed E-state index contributed by atoms with van der Waals surface area (Å²) in [5.74, 6) is 1.53. The van der Waals surface area contributed by atoms with Gasteiger partial charge in [0, 0.05) is 49.5 Å². The lowest BCUT2D eigenvalue weighted by atomic mass is 10.2. The van der Waals surface area contributed by atoms with E-state index >= 15 is 0 Å². The molecule has 0 aliphatic carbocycles. The van der Waals surface area contributed by atoms with Gasteiger partial charge in [-0.15, -0.1) is 21.5 Å². The van der Waals surface area contributed by atoms with Crippen molar-refractivity contribution in [1.29, 1.82) is 0 Å². The van der Waals surface area contributed by atoms with Crippen LogP contribution in [0.3, 0.4) is 0 Å². The van der Waals surface area contributed by atoms with E-state index in [4.69, 9.17) is 4.74 Å². The first-order chi connectivity index (χ1) is 20.1. The van der Waals surface area contributed by atoms with Gasteiger partial charge < -0.3 is 14.5 Å². The number of aromatic nitrogens is 5. The highest BCUT2D eigenvalue weighted by molar-refractivity contribution is 7.98. The molecule has 0 unspecified atom stereocenters. The van der Waals surface area contributed by atoms with Crippen LogP contribution in [0.2, 0.25) is 0 Å². The van der Waals surface area contributed by atoms with Crippen LogP contribution in [-0.4, -0.2) is 68.8 Å². The number of anilines is 1. The summed E-state index contributed by atoms with van der Waals surface area (Å²) in [6.45, 7) is 2.15. The Morgan fingerprint density at radius 2 is 1.71 bits per heavy atom. The van der Waals surface area contributed by atoms with Crippen molar-refractivity contribution >= 4 is 34.7 Å². The van der Waals surface area contributed by atoms with Crippen molar-refractivity contribution in [1.82, 2.24) is 29.6 Å². The lowest BCUT2D eigenvalue weighted by molar-refractivity contribution is 0.0741. The molecule has 208 valence electrons. The predicted molar refractivity (Wildman–Crippen MR) is 157 cm³/mol. The van der Waals surface area contributed by atoms with Crippen LogP contribution < -0.4 is 9.64 Å². The zero-order chi connectivity index (χ0) is 28.2. The first-order valence-corrected chi connectivity index (χ1v) is 14.8. The number of halogens is 1. The van der Waals surface area contributed by atoms with Gasteiger partial charge in [-0.25, -0.2) is 9.37 Å². The van der Waals surface area contributed by atoms with E-state index < -0.39 is 0 Å². The molecule has 0 N–H and O–H groups in total. The fraction of sp³-hybridized carbons (Fsp3) is 0.207. The summed E-state index contributed by atoms with van der Waals surface area (Å²) < 4.78 is 21.8. The van der Waals surface area contributed by atoms with E-state index in [0.717, 1.165) is 16.3 Å². The molecule has 4 heterocycles. The second-order valence-electron chi connectivity index (χ2n) is 9.20. The molecule has 41 heavy (non-hydrogen) atoms. The van der Waals surface area contributed by atoms with Crippen LogP contribution in [0.5, 0.6) is 5.75 Å².